The summed E-state index contributed by atoms with van der Waals surface area (Å²) in [7, 11) is 0. The zero-order valence-electron chi connectivity index (χ0n) is 10.8. The Hall–Kier alpha value is -1.83. The van der Waals surface area contributed by atoms with E-state index < -0.39 is 12.0 Å². The fourth-order valence-corrected chi connectivity index (χ4v) is 1.88. The van der Waals surface area contributed by atoms with Gasteiger partial charge in [0.2, 0.25) is 0 Å². The number of halogens is 1. The van der Waals surface area contributed by atoms with Gasteiger partial charge in [-0.05, 0) is 36.5 Å². The van der Waals surface area contributed by atoms with Crippen molar-refractivity contribution in [2.24, 2.45) is 5.92 Å². The highest BCUT2D eigenvalue weighted by Crippen LogP contribution is 2.31. The molecule has 0 unspecified atom stereocenters. The lowest BCUT2D eigenvalue weighted by molar-refractivity contribution is -0.117. The number of nitriles is 1. The van der Waals surface area contributed by atoms with Crippen LogP contribution in [-0.2, 0) is 4.79 Å². The van der Waals surface area contributed by atoms with Crippen molar-refractivity contribution < 1.29 is 9.90 Å². The lowest BCUT2D eigenvalue weighted by Gasteiger charge is -2.12. The zero-order valence-corrected chi connectivity index (χ0v) is 11.6. The molecule has 1 saturated carbocycles. The summed E-state index contributed by atoms with van der Waals surface area (Å²) < 4.78 is 0. The predicted octanol–water partition coefficient (Wildman–Crippen LogP) is 2.35. The van der Waals surface area contributed by atoms with Crippen molar-refractivity contribution >= 4 is 17.5 Å². The van der Waals surface area contributed by atoms with E-state index >= 15 is 0 Å². The summed E-state index contributed by atoms with van der Waals surface area (Å²) in [6.07, 6.45) is 2.94. The van der Waals surface area contributed by atoms with Gasteiger partial charge >= 0.3 is 0 Å². The van der Waals surface area contributed by atoms with Gasteiger partial charge in [-0.2, -0.15) is 5.26 Å². The first-order valence-electron chi connectivity index (χ1n) is 6.44. The average molecular weight is 291 g/mol. The number of amides is 1. The van der Waals surface area contributed by atoms with Crippen LogP contribution in [0.25, 0.3) is 0 Å². The minimum atomic E-state index is -0.822. The van der Waals surface area contributed by atoms with Crippen LogP contribution in [0.15, 0.2) is 35.9 Å². The maximum atomic E-state index is 11.8. The molecule has 4 nitrogen and oxygen atoms in total. The highest BCUT2D eigenvalue weighted by atomic mass is 35.5. The molecule has 1 aliphatic carbocycles. The molecular formula is C15H15ClN2O2. The first kappa shape index (κ1) is 14.6. The Bertz CT molecular complexity index is 556. The van der Waals surface area contributed by atoms with Crippen LogP contribution in [0.4, 0.5) is 0 Å². The van der Waals surface area contributed by atoms with Crippen LogP contribution in [0.1, 0.15) is 24.5 Å². The van der Waals surface area contributed by atoms with E-state index in [0.717, 1.165) is 12.8 Å². The van der Waals surface area contributed by atoms with Crippen LogP contribution in [0.5, 0.6) is 0 Å². The lowest BCUT2D eigenvalue weighted by atomic mass is 10.1. The molecule has 1 fully saturated rings. The summed E-state index contributed by atoms with van der Waals surface area (Å²) in [5, 5.41) is 22.0. The van der Waals surface area contributed by atoms with Gasteiger partial charge in [-0.25, -0.2) is 0 Å². The van der Waals surface area contributed by atoms with Gasteiger partial charge in [0.25, 0.3) is 5.91 Å². The molecule has 1 aliphatic rings. The third-order valence-corrected chi connectivity index (χ3v) is 3.35. The number of carbonyl (C=O) groups is 1. The van der Waals surface area contributed by atoms with Crippen molar-refractivity contribution in [1.29, 1.82) is 5.26 Å². The van der Waals surface area contributed by atoms with E-state index in [1.165, 1.54) is 0 Å². The molecule has 0 heterocycles. The number of rotatable bonds is 5. The molecule has 1 atom stereocenters. The van der Waals surface area contributed by atoms with Crippen molar-refractivity contribution in [3.63, 3.8) is 0 Å². The SMILES string of the molecule is N#C/C(=C/C1CC1)C(=O)NC[C@@H](O)c1ccc(Cl)cc1. The lowest BCUT2D eigenvalue weighted by Crippen LogP contribution is -2.29. The number of allylic oxidation sites excluding steroid dienone is 1. The maximum absolute atomic E-state index is 11.8. The second-order valence-electron chi connectivity index (χ2n) is 4.81. The van der Waals surface area contributed by atoms with E-state index in [-0.39, 0.29) is 12.1 Å². The third kappa shape index (κ3) is 4.09. The Morgan fingerprint density at radius 2 is 2.15 bits per heavy atom. The number of aliphatic hydroxyl groups excluding tert-OH is 1. The van der Waals surface area contributed by atoms with Gasteiger partial charge in [0.15, 0.2) is 0 Å². The molecule has 20 heavy (non-hydrogen) atoms. The molecular weight excluding hydrogens is 276 g/mol. The largest absolute Gasteiger partial charge is 0.387 e. The molecule has 1 amide bonds. The fourth-order valence-electron chi connectivity index (χ4n) is 1.75. The number of hydrogen-bond acceptors (Lipinski definition) is 3. The van der Waals surface area contributed by atoms with E-state index in [1.807, 2.05) is 6.07 Å². The van der Waals surface area contributed by atoms with Gasteiger partial charge in [0, 0.05) is 11.6 Å². The predicted molar refractivity (Wildman–Crippen MR) is 75.8 cm³/mol. The fraction of sp³-hybridized carbons (Fsp3) is 0.333. The van der Waals surface area contributed by atoms with E-state index in [1.54, 1.807) is 30.3 Å². The Kier molecular flexibility index (Phi) is 4.78. The zero-order chi connectivity index (χ0) is 14.5. The van der Waals surface area contributed by atoms with Gasteiger partial charge in [0.05, 0.1) is 6.10 Å². The van der Waals surface area contributed by atoms with Crippen molar-refractivity contribution in [3.8, 4) is 6.07 Å². The number of benzene rings is 1. The van der Waals surface area contributed by atoms with Crippen molar-refractivity contribution in [2.75, 3.05) is 6.54 Å². The average Bonchev–Trinajstić information content (AvgIpc) is 3.26. The Morgan fingerprint density at radius 3 is 2.70 bits per heavy atom. The van der Waals surface area contributed by atoms with Crippen LogP contribution in [0.2, 0.25) is 5.02 Å². The molecule has 0 spiro atoms. The first-order chi connectivity index (χ1) is 9.60. The summed E-state index contributed by atoms with van der Waals surface area (Å²) >= 11 is 5.76. The summed E-state index contributed by atoms with van der Waals surface area (Å²) in [4.78, 5) is 11.8. The molecule has 0 aliphatic heterocycles. The summed E-state index contributed by atoms with van der Waals surface area (Å²) in [5.41, 5.74) is 0.787. The highest BCUT2D eigenvalue weighted by Gasteiger charge is 2.21. The third-order valence-electron chi connectivity index (χ3n) is 3.10. The standard InChI is InChI=1S/C15H15ClN2O2/c16-13-5-3-11(4-6-13)14(19)9-18-15(20)12(8-17)7-10-1-2-10/h3-7,10,14,19H,1-2,9H2,(H,18,20)/b12-7-/t14-/m1/s1. The van der Waals surface area contributed by atoms with Crippen molar-refractivity contribution in [1.82, 2.24) is 5.32 Å². The van der Waals surface area contributed by atoms with E-state index in [0.29, 0.717) is 16.5 Å². The Balaban J connectivity index is 1.89. The molecule has 1 aromatic rings. The van der Waals surface area contributed by atoms with Gasteiger partial charge in [-0.15, -0.1) is 0 Å². The molecule has 104 valence electrons. The summed E-state index contributed by atoms with van der Waals surface area (Å²) in [5.74, 6) is -0.0796. The van der Waals surface area contributed by atoms with Crippen molar-refractivity contribution in [2.45, 2.75) is 18.9 Å². The number of aliphatic hydroxyl groups is 1. The molecule has 1 aromatic carbocycles. The number of hydrogen-bond donors (Lipinski definition) is 2. The minimum Gasteiger partial charge on any atom is -0.387 e. The van der Waals surface area contributed by atoms with E-state index in [9.17, 15) is 9.90 Å². The molecule has 0 aromatic heterocycles. The van der Waals surface area contributed by atoms with Crippen LogP contribution in [-0.4, -0.2) is 17.6 Å². The van der Waals surface area contributed by atoms with E-state index in [2.05, 4.69) is 5.32 Å². The molecule has 0 bridgehead atoms. The van der Waals surface area contributed by atoms with Gasteiger partial charge < -0.3 is 10.4 Å². The van der Waals surface area contributed by atoms with Gasteiger partial charge in [-0.1, -0.05) is 29.8 Å². The monoisotopic (exact) mass is 290 g/mol. The summed E-state index contributed by atoms with van der Waals surface area (Å²) in [6, 6.07) is 8.64. The molecule has 5 heteroatoms. The molecule has 0 radical (unpaired) electrons. The molecule has 2 rings (SSSR count). The van der Waals surface area contributed by atoms with Crippen LogP contribution >= 0.6 is 11.6 Å². The Morgan fingerprint density at radius 1 is 1.50 bits per heavy atom. The maximum Gasteiger partial charge on any atom is 0.261 e. The number of carbonyl (C=O) groups excluding carboxylic acids is 1. The highest BCUT2D eigenvalue weighted by molar-refractivity contribution is 6.30. The van der Waals surface area contributed by atoms with E-state index in [4.69, 9.17) is 16.9 Å². The second-order valence-corrected chi connectivity index (χ2v) is 5.24. The van der Waals surface area contributed by atoms with Crippen LogP contribution in [0.3, 0.4) is 0 Å². The second kappa shape index (κ2) is 6.56. The van der Waals surface area contributed by atoms with Gasteiger partial charge in [0.1, 0.15) is 11.6 Å². The van der Waals surface area contributed by atoms with Gasteiger partial charge in [-0.3, -0.25) is 4.79 Å². The molecule has 0 saturated heterocycles. The number of nitrogens with zero attached hydrogens (tertiary/aromatic N) is 1. The van der Waals surface area contributed by atoms with Crippen LogP contribution in [0, 0.1) is 17.2 Å². The topological polar surface area (TPSA) is 73.1 Å². The number of nitrogens with one attached hydrogen (secondary N) is 1. The minimum absolute atomic E-state index is 0.0597. The van der Waals surface area contributed by atoms with Crippen LogP contribution < -0.4 is 5.32 Å². The van der Waals surface area contributed by atoms with Crippen molar-refractivity contribution in [3.05, 3.63) is 46.5 Å². The first-order valence-corrected chi connectivity index (χ1v) is 6.81. The molecule has 2 N–H and O–H groups in total. The Labute approximate surface area is 122 Å². The smallest absolute Gasteiger partial charge is 0.261 e. The summed E-state index contributed by atoms with van der Waals surface area (Å²) in [6.45, 7) is 0.0597. The quantitative estimate of drug-likeness (QED) is 0.646. The normalized spacial score (nSPS) is 16.4.